The highest BCUT2D eigenvalue weighted by molar-refractivity contribution is 5.22. The smallest absolute Gasteiger partial charge is 0.189 e. The molecule has 0 aromatic carbocycles. The minimum Gasteiger partial charge on any atom is -0.396 e. The summed E-state index contributed by atoms with van der Waals surface area (Å²) in [5.41, 5.74) is -1.64. The van der Waals surface area contributed by atoms with E-state index in [4.69, 9.17) is 23.7 Å². The van der Waals surface area contributed by atoms with Crippen LogP contribution >= 0.6 is 0 Å². The number of ether oxygens (including phenoxy) is 5. The van der Waals surface area contributed by atoms with Gasteiger partial charge in [0.05, 0.1) is 43.2 Å². The number of allylic oxidation sites excluding steroid dienone is 2. The molecule has 18 heteroatoms. The van der Waals surface area contributed by atoms with Gasteiger partial charge in [-0.1, -0.05) is 46.3 Å². The quantitative estimate of drug-likeness (QED) is 0.0872. The molecule has 7 aliphatic rings. The van der Waals surface area contributed by atoms with Crippen LogP contribution in [0.1, 0.15) is 113 Å². The van der Waals surface area contributed by atoms with E-state index in [0.717, 1.165) is 5.57 Å². The van der Waals surface area contributed by atoms with Crippen LogP contribution in [0.3, 0.4) is 0 Å². The van der Waals surface area contributed by atoms with E-state index in [1.165, 1.54) is 6.92 Å². The molecule has 2 saturated heterocycles. The topological polar surface area (TPSA) is 309 Å². The average molecular weight is 947 g/mol. The van der Waals surface area contributed by atoms with Crippen molar-refractivity contribution < 1.29 is 90.1 Å². The van der Waals surface area contributed by atoms with Gasteiger partial charge in [-0.3, -0.25) is 0 Å². The maximum Gasteiger partial charge on any atom is 0.189 e. The van der Waals surface area contributed by atoms with Gasteiger partial charge in [-0.25, -0.2) is 0 Å². The first-order chi connectivity index (χ1) is 30.7. The largest absolute Gasteiger partial charge is 0.396 e. The summed E-state index contributed by atoms with van der Waals surface area (Å²) in [4.78, 5) is 0. The Kier molecular flexibility index (Phi) is 15.4. The predicted molar refractivity (Wildman–Crippen MR) is 233 cm³/mol. The van der Waals surface area contributed by atoms with Gasteiger partial charge in [0.25, 0.3) is 0 Å². The Bertz CT molecular complexity index is 1700. The van der Waals surface area contributed by atoms with Crippen molar-refractivity contribution in [2.24, 2.45) is 51.2 Å². The van der Waals surface area contributed by atoms with Gasteiger partial charge in [-0.15, -0.1) is 0 Å². The zero-order valence-electron chi connectivity index (χ0n) is 39.9. The highest BCUT2D eigenvalue weighted by Gasteiger charge is 2.74. The molecule has 18 nitrogen and oxygen atoms in total. The van der Waals surface area contributed by atoms with Crippen LogP contribution in [0.5, 0.6) is 0 Å². The van der Waals surface area contributed by atoms with Gasteiger partial charge in [-0.05, 0) is 112 Å². The average Bonchev–Trinajstić information content (AvgIpc) is 3.64. The maximum absolute atomic E-state index is 12.9. The van der Waals surface area contributed by atoms with Gasteiger partial charge in [-0.2, -0.15) is 0 Å². The lowest BCUT2D eigenvalue weighted by Crippen LogP contribution is -2.71. The first-order valence-electron chi connectivity index (χ1n) is 24.4. The normalized spacial score (nSPS) is 53.5. The molecule has 0 unspecified atom stereocenters. The molecule has 0 spiro atoms. The molecule has 0 aromatic rings. The molecule has 0 aromatic heterocycles. The van der Waals surface area contributed by atoms with Gasteiger partial charge in [0.2, 0.25) is 0 Å². The monoisotopic (exact) mass is 947 g/mol. The summed E-state index contributed by atoms with van der Waals surface area (Å²) in [7, 11) is 0. The second kappa shape index (κ2) is 19.2. The van der Waals surface area contributed by atoms with E-state index in [2.05, 4.69) is 20.8 Å². The zero-order valence-corrected chi connectivity index (χ0v) is 39.9. The highest BCUT2D eigenvalue weighted by atomic mass is 16.8. The Morgan fingerprint density at radius 1 is 0.697 bits per heavy atom. The number of aliphatic hydroxyl groups excluding tert-OH is 12. The third kappa shape index (κ3) is 8.69. The zero-order chi connectivity index (χ0) is 48.8. The molecule has 66 heavy (non-hydrogen) atoms. The van der Waals surface area contributed by atoms with Crippen molar-refractivity contribution in [1.82, 2.24) is 0 Å². The molecular formula is C48H82O18. The Labute approximate surface area is 388 Å². The van der Waals surface area contributed by atoms with Crippen molar-refractivity contribution in [2.45, 2.75) is 223 Å². The second-order valence-electron chi connectivity index (χ2n) is 23.1. The molecule has 0 radical (unpaired) electrons. The van der Waals surface area contributed by atoms with Gasteiger partial charge in [0.15, 0.2) is 18.4 Å². The van der Waals surface area contributed by atoms with E-state index < -0.39 is 163 Å². The molecule has 0 bridgehead atoms. The lowest BCUT2D eigenvalue weighted by molar-refractivity contribution is -0.381. The molecule has 26 atom stereocenters. The Morgan fingerprint density at radius 2 is 1.35 bits per heavy atom. The molecule has 382 valence electrons. The molecule has 13 N–H and O–H groups in total. The van der Waals surface area contributed by atoms with Crippen LogP contribution in [0.4, 0.5) is 0 Å². The van der Waals surface area contributed by atoms with Crippen LogP contribution in [0.2, 0.25) is 0 Å². The molecule has 7 rings (SSSR count). The summed E-state index contributed by atoms with van der Waals surface area (Å²) in [6, 6.07) is 0. The SMILES string of the molecule is CC(C)=CCC[C@](O)(O[C@@H]1O[C@H](CO)[C@@H](O)[C@H](O)[C@H]1O)[C@H]1CC[C@]2(C)[C@@H]1[C@H](O)C[C@@H]1[C@@]3(C)CC[C@H](O)C(C)(C)[C@@H]3[C@@H](O[C@@H]3C[C@H](CO)[C@@H](O)[C@H](O)[C@H]3O[C@@H]3O[C@@H](C)[C@H](O)[C@@H](O)[C@H]3O)C[C@]12C. The fraction of sp³-hybridized carbons (Fsp3) is 0.958. The first-order valence-corrected chi connectivity index (χ1v) is 24.4. The summed E-state index contributed by atoms with van der Waals surface area (Å²) in [5, 5.41) is 145. The fourth-order valence-corrected chi connectivity index (χ4v) is 15.0. The van der Waals surface area contributed by atoms with E-state index in [1.54, 1.807) is 0 Å². The standard InChI is InChI=1S/C48H82O18/c1-21(2)10-9-13-48(61,66-43-39(60)36(57)34(55)28(20-50)64-43)24-11-15-46(7)31(24)25(51)17-29-45(6)14-12-30(52)44(4,5)41(45)27(18-47(29,46)8)63-26-16-23(19-49)33(54)37(58)40(26)65-42-38(59)35(56)32(53)22(3)62-42/h10,22-43,49-61H,9,11-20H2,1-8H3/t22-,23+,24-,25+,26+,27-,28+,29+,30-,31-,32-,33+,34+,35+,36-,37-,38+,39+,40-,41-,42-,43-,45+,46+,47+,48-/m0/s1. The minimum atomic E-state index is -2.03. The van der Waals surface area contributed by atoms with E-state index in [9.17, 15) is 66.4 Å². The molecule has 2 heterocycles. The third-order valence-electron chi connectivity index (χ3n) is 18.8. The Hall–Kier alpha value is -0.980. The minimum absolute atomic E-state index is 0.0285. The van der Waals surface area contributed by atoms with Gasteiger partial charge < -0.3 is 90.1 Å². The van der Waals surface area contributed by atoms with Gasteiger partial charge >= 0.3 is 0 Å². The maximum atomic E-state index is 12.9. The third-order valence-corrected chi connectivity index (χ3v) is 18.8. The molecular weight excluding hydrogens is 865 g/mol. The van der Waals surface area contributed by atoms with Crippen LogP contribution < -0.4 is 0 Å². The van der Waals surface area contributed by atoms with Crippen LogP contribution in [0, 0.1) is 51.2 Å². The molecule has 2 aliphatic heterocycles. The Balaban J connectivity index is 1.27. The molecule has 5 aliphatic carbocycles. The summed E-state index contributed by atoms with van der Waals surface area (Å²) in [5.74, 6) is -4.63. The van der Waals surface area contributed by atoms with E-state index >= 15 is 0 Å². The number of fused-ring (bicyclic) bond motifs is 5. The van der Waals surface area contributed by atoms with E-state index in [-0.39, 0.29) is 24.7 Å². The number of aliphatic hydroxyl groups is 13. The van der Waals surface area contributed by atoms with Crippen molar-refractivity contribution >= 4 is 0 Å². The van der Waals surface area contributed by atoms with E-state index in [1.807, 2.05) is 33.8 Å². The van der Waals surface area contributed by atoms with Gasteiger partial charge in [0.1, 0.15) is 54.9 Å². The van der Waals surface area contributed by atoms with E-state index in [0.29, 0.717) is 44.9 Å². The van der Waals surface area contributed by atoms with Crippen LogP contribution in [0.25, 0.3) is 0 Å². The Morgan fingerprint density at radius 3 is 1.98 bits per heavy atom. The van der Waals surface area contributed by atoms with Crippen molar-refractivity contribution in [3.05, 3.63) is 11.6 Å². The summed E-state index contributed by atoms with van der Waals surface area (Å²) in [6.45, 7) is 14.8. The van der Waals surface area contributed by atoms with Gasteiger partial charge in [0, 0.05) is 24.9 Å². The number of rotatable bonds is 12. The van der Waals surface area contributed by atoms with Crippen molar-refractivity contribution in [1.29, 1.82) is 0 Å². The predicted octanol–water partition coefficient (Wildman–Crippen LogP) is -0.435. The molecule has 7 fully saturated rings. The van der Waals surface area contributed by atoms with Crippen LogP contribution in [0.15, 0.2) is 11.6 Å². The van der Waals surface area contributed by atoms with Crippen molar-refractivity contribution in [2.75, 3.05) is 13.2 Å². The second-order valence-corrected chi connectivity index (χ2v) is 23.1. The van der Waals surface area contributed by atoms with Crippen molar-refractivity contribution in [3.63, 3.8) is 0 Å². The summed E-state index contributed by atoms with van der Waals surface area (Å²) >= 11 is 0. The number of hydrogen-bond acceptors (Lipinski definition) is 18. The van der Waals surface area contributed by atoms with Crippen molar-refractivity contribution in [3.8, 4) is 0 Å². The lowest BCUT2D eigenvalue weighted by Gasteiger charge is -2.72. The first kappa shape index (κ1) is 52.8. The fourth-order valence-electron chi connectivity index (χ4n) is 15.0. The highest BCUT2D eigenvalue weighted by Crippen LogP contribution is 2.76. The summed E-state index contributed by atoms with van der Waals surface area (Å²) in [6.07, 6.45) is -17.9. The van der Waals surface area contributed by atoms with Crippen LogP contribution in [-0.4, -0.2) is 190 Å². The number of hydrogen-bond donors (Lipinski definition) is 13. The summed E-state index contributed by atoms with van der Waals surface area (Å²) < 4.78 is 31.5. The molecule has 5 saturated carbocycles. The lowest BCUT2D eigenvalue weighted by atomic mass is 9.34. The van der Waals surface area contributed by atoms with Crippen LogP contribution in [-0.2, 0) is 23.7 Å². The molecule has 0 amide bonds.